The van der Waals surface area contributed by atoms with E-state index in [-0.39, 0.29) is 5.56 Å². The molecule has 2 aromatic carbocycles. The molecule has 2 heterocycles. The minimum atomic E-state index is -0.00872. The zero-order valence-electron chi connectivity index (χ0n) is 15.7. The van der Waals surface area contributed by atoms with Gasteiger partial charge < -0.3 is 9.47 Å². The van der Waals surface area contributed by atoms with Crippen LogP contribution in [-0.2, 0) is 13.0 Å². The van der Waals surface area contributed by atoms with Crippen molar-refractivity contribution in [3.63, 3.8) is 0 Å². The molecule has 4 aromatic rings. The van der Waals surface area contributed by atoms with Gasteiger partial charge in [0.1, 0.15) is 4.83 Å². The molecule has 0 aliphatic rings. The van der Waals surface area contributed by atoms with Crippen LogP contribution in [0.15, 0.2) is 65.0 Å². The molecule has 4 rings (SSSR count). The summed E-state index contributed by atoms with van der Waals surface area (Å²) in [6.45, 7) is 0.543. The van der Waals surface area contributed by atoms with Gasteiger partial charge in [-0.1, -0.05) is 36.4 Å². The fourth-order valence-corrected chi connectivity index (χ4v) is 4.15. The van der Waals surface area contributed by atoms with Crippen LogP contribution in [0.1, 0.15) is 5.56 Å². The molecule has 0 bridgehead atoms. The highest BCUT2D eigenvalue weighted by Gasteiger charge is 2.13. The van der Waals surface area contributed by atoms with Gasteiger partial charge in [-0.15, -0.1) is 11.3 Å². The van der Waals surface area contributed by atoms with Crippen molar-refractivity contribution in [2.75, 3.05) is 14.2 Å². The van der Waals surface area contributed by atoms with Crippen molar-refractivity contribution >= 4 is 21.6 Å². The van der Waals surface area contributed by atoms with Crippen LogP contribution < -0.4 is 15.0 Å². The van der Waals surface area contributed by atoms with Gasteiger partial charge in [0.15, 0.2) is 11.5 Å². The maximum absolute atomic E-state index is 13.1. The number of methoxy groups -OCH3 is 2. The SMILES string of the molecule is COc1ccc(CCn2cnc3scc(-c4ccccc4)c3c2=O)cc1OC. The van der Waals surface area contributed by atoms with Crippen LogP contribution in [0, 0.1) is 0 Å². The third-order valence-electron chi connectivity index (χ3n) is 4.73. The maximum Gasteiger partial charge on any atom is 0.262 e. The molecule has 0 aliphatic heterocycles. The van der Waals surface area contributed by atoms with Gasteiger partial charge in [0.25, 0.3) is 5.56 Å². The van der Waals surface area contributed by atoms with Crippen molar-refractivity contribution in [2.45, 2.75) is 13.0 Å². The molecular weight excluding hydrogens is 372 g/mol. The fourth-order valence-electron chi connectivity index (χ4n) is 3.24. The average Bonchev–Trinajstić information content (AvgIpc) is 3.18. The second-order valence-electron chi connectivity index (χ2n) is 6.38. The van der Waals surface area contributed by atoms with E-state index >= 15 is 0 Å². The third kappa shape index (κ3) is 3.39. The molecule has 0 saturated carbocycles. The summed E-state index contributed by atoms with van der Waals surface area (Å²) in [5.74, 6) is 1.38. The second kappa shape index (κ2) is 7.86. The summed E-state index contributed by atoms with van der Waals surface area (Å²) in [5, 5.41) is 2.69. The Bertz CT molecular complexity index is 1170. The molecule has 28 heavy (non-hydrogen) atoms. The zero-order chi connectivity index (χ0) is 19.5. The quantitative estimate of drug-likeness (QED) is 0.488. The highest BCUT2D eigenvalue weighted by molar-refractivity contribution is 7.17. The monoisotopic (exact) mass is 392 g/mol. The molecule has 0 amide bonds. The molecule has 0 saturated heterocycles. The number of nitrogens with zero attached hydrogens (tertiary/aromatic N) is 2. The van der Waals surface area contributed by atoms with Gasteiger partial charge in [0.05, 0.1) is 25.9 Å². The highest BCUT2D eigenvalue weighted by Crippen LogP contribution is 2.30. The van der Waals surface area contributed by atoms with Crippen LogP contribution >= 0.6 is 11.3 Å². The Morgan fingerprint density at radius 3 is 2.57 bits per heavy atom. The highest BCUT2D eigenvalue weighted by atomic mass is 32.1. The molecule has 2 aromatic heterocycles. The summed E-state index contributed by atoms with van der Waals surface area (Å²) in [5.41, 5.74) is 3.03. The lowest BCUT2D eigenvalue weighted by Gasteiger charge is -2.10. The van der Waals surface area contributed by atoms with Gasteiger partial charge in [-0.25, -0.2) is 4.98 Å². The average molecular weight is 392 g/mol. The molecule has 0 radical (unpaired) electrons. The Balaban J connectivity index is 1.65. The van der Waals surface area contributed by atoms with Gasteiger partial charge >= 0.3 is 0 Å². The molecule has 0 atom stereocenters. The molecule has 142 valence electrons. The summed E-state index contributed by atoms with van der Waals surface area (Å²) in [4.78, 5) is 18.4. The molecule has 0 spiro atoms. The molecule has 0 unspecified atom stereocenters. The Labute approximate surface area is 166 Å². The van der Waals surface area contributed by atoms with Crippen molar-refractivity contribution < 1.29 is 9.47 Å². The number of rotatable bonds is 6. The number of benzene rings is 2. The first kappa shape index (κ1) is 18.3. The van der Waals surface area contributed by atoms with Crippen LogP contribution in [0.3, 0.4) is 0 Å². The Kier molecular flexibility index (Phi) is 5.12. The maximum atomic E-state index is 13.1. The first-order valence-electron chi connectivity index (χ1n) is 8.94. The van der Waals surface area contributed by atoms with E-state index in [9.17, 15) is 4.79 Å². The van der Waals surface area contributed by atoms with E-state index in [0.717, 1.165) is 21.5 Å². The largest absolute Gasteiger partial charge is 0.493 e. The summed E-state index contributed by atoms with van der Waals surface area (Å²) in [7, 11) is 3.23. The van der Waals surface area contributed by atoms with Gasteiger partial charge in [0, 0.05) is 17.5 Å². The smallest absolute Gasteiger partial charge is 0.262 e. The minimum absolute atomic E-state index is 0.00872. The number of fused-ring (bicyclic) bond motifs is 1. The van der Waals surface area contributed by atoms with E-state index in [2.05, 4.69) is 4.98 Å². The summed E-state index contributed by atoms with van der Waals surface area (Å²) in [6.07, 6.45) is 2.33. The third-order valence-corrected chi connectivity index (χ3v) is 5.62. The minimum Gasteiger partial charge on any atom is -0.493 e. The Morgan fingerprint density at radius 2 is 1.82 bits per heavy atom. The van der Waals surface area contributed by atoms with Crippen molar-refractivity contribution in [1.82, 2.24) is 9.55 Å². The first-order valence-corrected chi connectivity index (χ1v) is 9.82. The van der Waals surface area contributed by atoms with E-state index in [1.165, 1.54) is 11.3 Å². The van der Waals surface area contributed by atoms with E-state index in [0.29, 0.717) is 29.9 Å². The summed E-state index contributed by atoms with van der Waals surface area (Å²) in [6, 6.07) is 15.8. The lowest BCUT2D eigenvalue weighted by atomic mass is 10.1. The molecular formula is C22H20N2O3S. The number of ether oxygens (including phenoxy) is 2. The number of thiophene rings is 1. The Hall–Kier alpha value is -3.12. The van der Waals surface area contributed by atoms with Crippen LogP contribution in [0.25, 0.3) is 21.3 Å². The number of aromatic nitrogens is 2. The lowest BCUT2D eigenvalue weighted by Crippen LogP contribution is -2.21. The van der Waals surface area contributed by atoms with E-state index in [1.807, 2.05) is 53.9 Å². The number of aryl methyl sites for hydroxylation is 2. The standard InChI is InChI=1S/C22H20N2O3S/c1-26-18-9-8-15(12-19(18)27-2)10-11-24-14-23-21-20(22(24)25)17(13-28-21)16-6-4-3-5-7-16/h3-9,12-14H,10-11H2,1-2H3. The van der Waals surface area contributed by atoms with Crippen molar-refractivity contribution in [3.8, 4) is 22.6 Å². The van der Waals surface area contributed by atoms with E-state index in [4.69, 9.17) is 9.47 Å². The zero-order valence-corrected chi connectivity index (χ0v) is 16.5. The van der Waals surface area contributed by atoms with Crippen molar-refractivity contribution in [3.05, 3.63) is 76.2 Å². The lowest BCUT2D eigenvalue weighted by molar-refractivity contribution is 0.354. The Morgan fingerprint density at radius 1 is 1.04 bits per heavy atom. The van der Waals surface area contributed by atoms with Gasteiger partial charge in [0.2, 0.25) is 0 Å². The fraction of sp³-hybridized carbons (Fsp3) is 0.182. The summed E-state index contributed by atoms with van der Waals surface area (Å²) < 4.78 is 12.3. The van der Waals surface area contributed by atoms with Crippen LogP contribution in [-0.4, -0.2) is 23.8 Å². The van der Waals surface area contributed by atoms with Gasteiger partial charge in [-0.2, -0.15) is 0 Å². The van der Waals surface area contributed by atoms with Crippen LogP contribution in [0.2, 0.25) is 0 Å². The van der Waals surface area contributed by atoms with Crippen molar-refractivity contribution in [1.29, 1.82) is 0 Å². The summed E-state index contributed by atoms with van der Waals surface area (Å²) >= 11 is 1.50. The number of hydrogen-bond donors (Lipinski definition) is 0. The van der Waals surface area contributed by atoms with Crippen molar-refractivity contribution in [2.24, 2.45) is 0 Å². The second-order valence-corrected chi connectivity index (χ2v) is 7.24. The molecule has 0 aliphatic carbocycles. The molecule has 0 fully saturated rings. The van der Waals surface area contributed by atoms with E-state index < -0.39 is 0 Å². The predicted octanol–water partition coefficient (Wildman–Crippen LogP) is 4.38. The molecule has 5 nitrogen and oxygen atoms in total. The topological polar surface area (TPSA) is 53.4 Å². The van der Waals surface area contributed by atoms with E-state index in [1.54, 1.807) is 25.1 Å². The van der Waals surface area contributed by atoms with Gasteiger partial charge in [-0.05, 0) is 29.7 Å². The molecule has 6 heteroatoms. The van der Waals surface area contributed by atoms with Crippen LogP contribution in [0.4, 0.5) is 0 Å². The van der Waals surface area contributed by atoms with Crippen LogP contribution in [0.5, 0.6) is 11.5 Å². The molecule has 0 N–H and O–H groups in total. The predicted molar refractivity (Wildman–Crippen MR) is 113 cm³/mol. The van der Waals surface area contributed by atoms with Gasteiger partial charge in [-0.3, -0.25) is 9.36 Å². The number of hydrogen-bond acceptors (Lipinski definition) is 5. The first-order chi connectivity index (χ1) is 13.7. The normalized spacial score (nSPS) is 10.9.